The van der Waals surface area contributed by atoms with Crippen molar-refractivity contribution in [2.24, 2.45) is 0 Å². The predicted octanol–water partition coefficient (Wildman–Crippen LogP) is 18.8. The molecule has 0 aliphatic carbocycles. The van der Waals surface area contributed by atoms with E-state index >= 15 is 0 Å². The standard InChI is InChI=1S/C74H52N6/c1-46-25-29-69-58(33-46)59-34-47(2)26-30-70(59)79(69)73-43-55(44-74(62(73)45-75)80-71-31-27-48(3)35-60(71)61-36-49(4)28-32-72(61)80)54-37-67(56-39-63(50-17-9-5-10-18-50)76-64(40-56)51-19-11-6-12-20-51)78-68(38-54)57-41-65(52-21-13-7-14-22-52)77-66(42-57)53-23-15-8-16-24-53/h5-44H,1-4H3. The number of benzene rings is 9. The molecule has 9 aromatic carbocycles. The zero-order chi connectivity index (χ0) is 54.0. The summed E-state index contributed by atoms with van der Waals surface area (Å²) in [6.45, 7) is 8.58. The van der Waals surface area contributed by atoms with Gasteiger partial charge in [-0.2, -0.15) is 5.26 Å². The molecule has 0 radical (unpaired) electrons. The van der Waals surface area contributed by atoms with E-state index in [0.717, 1.165) is 134 Å². The zero-order valence-corrected chi connectivity index (χ0v) is 44.8. The first kappa shape index (κ1) is 47.9. The normalized spacial score (nSPS) is 11.5. The first-order valence-electron chi connectivity index (χ1n) is 27.1. The third-order valence-corrected chi connectivity index (χ3v) is 15.5. The van der Waals surface area contributed by atoms with E-state index in [1.807, 2.05) is 24.3 Å². The topological polar surface area (TPSA) is 72.3 Å². The van der Waals surface area contributed by atoms with Gasteiger partial charge in [0.1, 0.15) is 11.6 Å². The van der Waals surface area contributed by atoms with Gasteiger partial charge in [0, 0.05) is 54.9 Å². The summed E-state index contributed by atoms with van der Waals surface area (Å²) >= 11 is 0. The van der Waals surface area contributed by atoms with Crippen molar-refractivity contribution in [1.29, 1.82) is 5.26 Å². The van der Waals surface area contributed by atoms with E-state index in [2.05, 4.69) is 261 Å². The van der Waals surface area contributed by atoms with E-state index in [-0.39, 0.29) is 0 Å². The SMILES string of the molecule is Cc1ccc2c(c1)c1cc(C)ccc1n2-c1cc(-c2cc(-c3cc(-c4ccccc4)nc(-c4ccccc4)c3)nc(-c3cc(-c4ccccc4)nc(-c4ccccc4)c3)c2)cc(-n2c3ccc(C)cc3c3cc(C)ccc32)c1C#N. The van der Waals surface area contributed by atoms with Crippen LogP contribution in [0.25, 0.3) is 134 Å². The first-order valence-corrected chi connectivity index (χ1v) is 27.1. The monoisotopic (exact) mass is 1020 g/mol. The number of rotatable bonds is 9. The van der Waals surface area contributed by atoms with Crippen LogP contribution in [-0.2, 0) is 0 Å². The van der Waals surface area contributed by atoms with Crippen molar-refractivity contribution in [2.45, 2.75) is 27.7 Å². The Morgan fingerprint density at radius 3 is 0.800 bits per heavy atom. The molecule has 0 bridgehead atoms. The van der Waals surface area contributed by atoms with Gasteiger partial charge in [0.2, 0.25) is 0 Å². The van der Waals surface area contributed by atoms with E-state index in [1.165, 1.54) is 22.3 Å². The van der Waals surface area contributed by atoms with Crippen molar-refractivity contribution >= 4 is 43.6 Å². The molecule has 6 heteroatoms. The molecule has 6 nitrogen and oxygen atoms in total. The minimum Gasteiger partial charge on any atom is -0.308 e. The van der Waals surface area contributed by atoms with Crippen LogP contribution in [0.3, 0.4) is 0 Å². The Bertz CT molecular complexity index is 4270. The van der Waals surface area contributed by atoms with Crippen molar-refractivity contribution in [3.05, 3.63) is 270 Å². The Morgan fingerprint density at radius 1 is 0.275 bits per heavy atom. The molecule has 0 aliphatic heterocycles. The molecule has 0 N–H and O–H groups in total. The van der Waals surface area contributed by atoms with Crippen LogP contribution in [0.4, 0.5) is 0 Å². The highest BCUT2D eigenvalue weighted by atomic mass is 15.0. The highest BCUT2D eigenvalue weighted by Gasteiger charge is 2.24. The zero-order valence-electron chi connectivity index (χ0n) is 44.8. The maximum Gasteiger partial charge on any atom is 0.104 e. The Balaban J connectivity index is 1.11. The number of nitriles is 1. The second kappa shape index (κ2) is 19.5. The second-order valence-corrected chi connectivity index (χ2v) is 21.1. The summed E-state index contributed by atoms with van der Waals surface area (Å²) in [6.07, 6.45) is 0. The van der Waals surface area contributed by atoms with Crippen LogP contribution in [0, 0.1) is 39.0 Å². The summed E-state index contributed by atoms with van der Waals surface area (Å²) < 4.78 is 4.62. The quantitative estimate of drug-likeness (QED) is 0.144. The van der Waals surface area contributed by atoms with Crippen molar-refractivity contribution in [2.75, 3.05) is 0 Å². The van der Waals surface area contributed by atoms with Crippen LogP contribution in [0.5, 0.6) is 0 Å². The molecule has 378 valence electrons. The minimum absolute atomic E-state index is 0.562. The molecular weight excluding hydrogens is 973 g/mol. The summed E-state index contributed by atoms with van der Waals surface area (Å²) in [6, 6.07) is 88.4. The van der Waals surface area contributed by atoms with E-state index in [4.69, 9.17) is 15.0 Å². The molecule has 14 aromatic rings. The molecule has 5 heterocycles. The molecule has 0 amide bonds. The van der Waals surface area contributed by atoms with Gasteiger partial charge in [-0.3, -0.25) is 0 Å². The number of fused-ring (bicyclic) bond motifs is 6. The van der Waals surface area contributed by atoms with Crippen LogP contribution in [0.15, 0.2) is 243 Å². The van der Waals surface area contributed by atoms with Gasteiger partial charge in [-0.15, -0.1) is 0 Å². The summed E-state index contributed by atoms with van der Waals surface area (Å²) in [5.41, 5.74) is 23.5. The summed E-state index contributed by atoms with van der Waals surface area (Å²) in [5, 5.41) is 16.4. The minimum atomic E-state index is 0.562. The third-order valence-electron chi connectivity index (χ3n) is 15.5. The van der Waals surface area contributed by atoms with Crippen LogP contribution < -0.4 is 0 Å². The Labute approximate surface area is 464 Å². The predicted molar refractivity (Wildman–Crippen MR) is 330 cm³/mol. The molecule has 80 heavy (non-hydrogen) atoms. The van der Waals surface area contributed by atoms with Crippen LogP contribution in [0.1, 0.15) is 27.8 Å². The largest absolute Gasteiger partial charge is 0.308 e. The highest BCUT2D eigenvalue weighted by Crippen LogP contribution is 2.43. The number of hydrogen-bond donors (Lipinski definition) is 0. The number of hydrogen-bond acceptors (Lipinski definition) is 4. The lowest BCUT2D eigenvalue weighted by Gasteiger charge is -2.19. The average molecular weight is 1030 g/mol. The van der Waals surface area contributed by atoms with Gasteiger partial charge in [0.15, 0.2) is 0 Å². The Morgan fingerprint density at radius 2 is 0.525 bits per heavy atom. The summed E-state index contributed by atoms with van der Waals surface area (Å²) in [4.78, 5) is 16.3. The van der Waals surface area contributed by atoms with Crippen LogP contribution in [0.2, 0.25) is 0 Å². The fraction of sp³-hybridized carbons (Fsp3) is 0.0541. The third kappa shape index (κ3) is 8.50. The molecule has 0 atom stereocenters. The molecule has 14 rings (SSSR count). The first-order chi connectivity index (χ1) is 39.2. The van der Waals surface area contributed by atoms with Crippen molar-refractivity contribution in [1.82, 2.24) is 24.1 Å². The molecule has 0 unspecified atom stereocenters. The maximum absolute atomic E-state index is 11.9. The number of pyridine rings is 3. The molecule has 0 spiro atoms. The van der Waals surface area contributed by atoms with E-state index in [9.17, 15) is 5.26 Å². The van der Waals surface area contributed by atoms with Crippen molar-refractivity contribution in [3.63, 3.8) is 0 Å². The van der Waals surface area contributed by atoms with E-state index < -0.39 is 0 Å². The van der Waals surface area contributed by atoms with E-state index in [0.29, 0.717) is 5.56 Å². The van der Waals surface area contributed by atoms with Crippen molar-refractivity contribution < 1.29 is 0 Å². The van der Waals surface area contributed by atoms with E-state index in [1.54, 1.807) is 0 Å². The smallest absolute Gasteiger partial charge is 0.104 e. The second-order valence-electron chi connectivity index (χ2n) is 21.1. The van der Waals surface area contributed by atoms with Gasteiger partial charge < -0.3 is 9.13 Å². The molecule has 5 aromatic heterocycles. The fourth-order valence-corrected chi connectivity index (χ4v) is 11.6. The molecule has 0 aliphatic rings. The summed E-state index contributed by atoms with van der Waals surface area (Å²) in [5.74, 6) is 0. The fourth-order valence-electron chi connectivity index (χ4n) is 11.6. The van der Waals surface area contributed by atoms with Gasteiger partial charge in [-0.1, -0.05) is 168 Å². The molecule has 0 fully saturated rings. The molecule has 0 saturated carbocycles. The van der Waals surface area contributed by atoms with Gasteiger partial charge >= 0.3 is 0 Å². The lowest BCUT2D eigenvalue weighted by atomic mass is 9.95. The van der Waals surface area contributed by atoms with Crippen LogP contribution in [-0.4, -0.2) is 24.1 Å². The maximum atomic E-state index is 11.9. The molecular formula is C74H52N6. The van der Waals surface area contributed by atoms with Gasteiger partial charge in [-0.25, -0.2) is 15.0 Å². The van der Waals surface area contributed by atoms with Gasteiger partial charge in [0.25, 0.3) is 0 Å². The number of aromatic nitrogens is 5. The average Bonchev–Trinajstić information content (AvgIpc) is 4.05. The van der Waals surface area contributed by atoms with Gasteiger partial charge in [0.05, 0.1) is 67.6 Å². The van der Waals surface area contributed by atoms with Crippen LogP contribution >= 0.6 is 0 Å². The molecule has 0 saturated heterocycles. The number of aryl methyl sites for hydroxylation is 4. The Hall–Kier alpha value is -10.5. The van der Waals surface area contributed by atoms with Gasteiger partial charge in [-0.05, 0) is 136 Å². The number of nitrogens with zero attached hydrogens (tertiary/aromatic N) is 6. The lowest BCUT2D eigenvalue weighted by molar-refractivity contribution is 1.12. The Kier molecular flexibility index (Phi) is 11.7. The highest BCUT2D eigenvalue weighted by molar-refractivity contribution is 6.12. The van der Waals surface area contributed by atoms with Crippen molar-refractivity contribution in [3.8, 4) is 96.1 Å². The lowest BCUT2D eigenvalue weighted by Crippen LogP contribution is -2.05. The summed E-state index contributed by atoms with van der Waals surface area (Å²) in [7, 11) is 0.